The number of nitrogens with one attached hydrogen (secondary N) is 2. The summed E-state index contributed by atoms with van der Waals surface area (Å²) < 4.78 is 25.4. The number of hydrogen-bond acceptors (Lipinski definition) is 5. The molecule has 0 aromatic heterocycles. The summed E-state index contributed by atoms with van der Waals surface area (Å²) in [7, 11) is -3.61. The molecule has 1 saturated carbocycles. The van der Waals surface area contributed by atoms with Crippen LogP contribution in [0.5, 0.6) is 0 Å². The van der Waals surface area contributed by atoms with E-state index < -0.39 is 9.84 Å². The van der Waals surface area contributed by atoms with E-state index in [9.17, 15) is 18.0 Å². The highest BCUT2D eigenvalue weighted by Crippen LogP contribution is 2.37. The van der Waals surface area contributed by atoms with Crippen LogP contribution in [0.4, 0.5) is 5.69 Å². The zero-order chi connectivity index (χ0) is 20.5. The highest BCUT2D eigenvalue weighted by atomic mass is 32.2. The number of rotatable bonds is 5. The summed E-state index contributed by atoms with van der Waals surface area (Å²) in [6, 6.07) is 4.88. The van der Waals surface area contributed by atoms with Crippen molar-refractivity contribution in [3.63, 3.8) is 0 Å². The van der Waals surface area contributed by atoms with Crippen molar-refractivity contribution in [3.8, 4) is 0 Å². The molecular weight excluding hydrogens is 396 g/mol. The molecular formula is C20H28N2O4S2. The molecule has 0 radical (unpaired) electrons. The molecule has 1 aliphatic heterocycles. The highest BCUT2D eigenvalue weighted by molar-refractivity contribution is 8.01. The first kappa shape index (κ1) is 21.2. The van der Waals surface area contributed by atoms with Gasteiger partial charge in [-0.15, -0.1) is 11.8 Å². The molecule has 154 valence electrons. The van der Waals surface area contributed by atoms with Gasteiger partial charge in [0.05, 0.1) is 21.6 Å². The van der Waals surface area contributed by atoms with Gasteiger partial charge in [-0.2, -0.15) is 0 Å². The predicted molar refractivity (Wildman–Crippen MR) is 111 cm³/mol. The Morgan fingerprint density at radius 1 is 1.25 bits per heavy atom. The first-order valence-electron chi connectivity index (χ1n) is 9.81. The van der Waals surface area contributed by atoms with Crippen molar-refractivity contribution >= 4 is 39.1 Å². The lowest BCUT2D eigenvalue weighted by molar-refractivity contribution is -0.122. The third-order valence-corrected chi connectivity index (χ3v) is 8.78. The molecule has 1 aromatic carbocycles. The maximum Gasteiger partial charge on any atom is 0.237 e. The van der Waals surface area contributed by atoms with Gasteiger partial charge < -0.3 is 10.6 Å². The molecule has 1 fully saturated rings. The molecule has 0 bridgehead atoms. The van der Waals surface area contributed by atoms with Crippen molar-refractivity contribution in [2.75, 3.05) is 11.1 Å². The van der Waals surface area contributed by atoms with E-state index in [-0.39, 0.29) is 40.2 Å². The van der Waals surface area contributed by atoms with Gasteiger partial charge in [-0.05, 0) is 43.4 Å². The minimum atomic E-state index is -3.61. The second kappa shape index (κ2) is 8.45. The molecule has 8 heteroatoms. The largest absolute Gasteiger partial charge is 0.353 e. The van der Waals surface area contributed by atoms with Gasteiger partial charge in [-0.3, -0.25) is 9.59 Å². The smallest absolute Gasteiger partial charge is 0.237 e. The second-order valence-electron chi connectivity index (χ2n) is 7.92. The number of fused-ring (bicyclic) bond motifs is 1. The zero-order valence-electron chi connectivity index (χ0n) is 16.5. The third-order valence-electron chi connectivity index (χ3n) is 5.89. The van der Waals surface area contributed by atoms with E-state index in [0.717, 1.165) is 17.7 Å². The average Bonchev–Trinajstić information content (AvgIpc) is 2.64. The maximum atomic E-state index is 12.7. The first-order chi connectivity index (χ1) is 13.2. The lowest BCUT2D eigenvalue weighted by Gasteiger charge is -2.34. The SMILES string of the molecule is C[C@@H]1[C@@H](C)CCC[C@H]1NC(=O)CCS(=O)(=O)c1ccc2c(c1)NC(=O)[C@H](C)S2. The van der Waals surface area contributed by atoms with Crippen molar-refractivity contribution in [3.05, 3.63) is 18.2 Å². The van der Waals surface area contributed by atoms with Crippen molar-refractivity contribution in [1.82, 2.24) is 5.32 Å². The Hall–Kier alpha value is -1.54. The summed E-state index contributed by atoms with van der Waals surface area (Å²) in [5.74, 6) is 0.367. The van der Waals surface area contributed by atoms with Gasteiger partial charge in [0.1, 0.15) is 0 Å². The number of benzene rings is 1. The van der Waals surface area contributed by atoms with Gasteiger partial charge >= 0.3 is 0 Å². The van der Waals surface area contributed by atoms with Crippen molar-refractivity contribution in [2.45, 2.75) is 67.5 Å². The van der Waals surface area contributed by atoms with Crippen molar-refractivity contribution < 1.29 is 18.0 Å². The molecule has 4 atom stereocenters. The summed E-state index contributed by atoms with van der Waals surface area (Å²) in [5.41, 5.74) is 0.517. The summed E-state index contributed by atoms with van der Waals surface area (Å²) in [5, 5.41) is 5.56. The van der Waals surface area contributed by atoms with Crippen LogP contribution < -0.4 is 10.6 Å². The molecule has 3 rings (SSSR count). The Morgan fingerprint density at radius 2 is 2.00 bits per heavy atom. The lowest BCUT2D eigenvalue weighted by Crippen LogP contribution is -2.44. The molecule has 1 aromatic rings. The molecule has 2 amide bonds. The molecule has 6 nitrogen and oxygen atoms in total. The molecule has 28 heavy (non-hydrogen) atoms. The molecule has 0 unspecified atom stereocenters. The van der Waals surface area contributed by atoms with Crippen LogP contribution in [0.15, 0.2) is 28.0 Å². The van der Waals surface area contributed by atoms with Crippen LogP contribution in [0, 0.1) is 11.8 Å². The number of carbonyl (C=O) groups is 2. The number of sulfone groups is 1. The number of anilines is 1. The van der Waals surface area contributed by atoms with Gasteiger partial charge in [0.25, 0.3) is 0 Å². The Kier molecular flexibility index (Phi) is 6.39. The van der Waals surface area contributed by atoms with E-state index in [1.165, 1.54) is 24.2 Å². The maximum absolute atomic E-state index is 12.7. The fraction of sp³-hybridized carbons (Fsp3) is 0.600. The average molecular weight is 425 g/mol. The normalized spacial score (nSPS) is 27.6. The Morgan fingerprint density at radius 3 is 2.75 bits per heavy atom. The number of hydrogen-bond donors (Lipinski definition) is 2. The number of thioether (sulfide) groups is 1. The van der Waals surface area contributed by atoms with Crippen molar-refractivity contribution in [2.24, 2.45) is 11.8 Å². The Balaban J connectivity index is 1.62. The standard InChI is InChI=1S/C20H28N2O4S2/c1-12-5-4-6-16(13(12)2)21-19(23)9-10-28(25,26)15-7-8-18-17(11-15)22-20(24)14(3)27-18/h7-8,11-14,16H,4-6,9-10H2,1-3H3,(H,21,23)(H,22,24)/t12-,13+,14-,16+/m0/s1. The van der Waals surface area contributed by atoms with Crippen LogP contribution in [0.25, 0.3) is 0 Å². The first-order valence-corrected chi connectivity index (χ1v) is 12.3. The molecule has 1 aliphatic carbocycles. The van der Waals surface area contributed by atoms with Gasteiger partial charge in [0.15, 0.2) is 9.84 Å². The minimum Gasteiger partial charge on any atom is -0.353 e. The molecule has 2 N–H and O–H groups in total. The van der Waals surface area contributed by atoms with E-state index in [1.807, 2.05) is 0 Å². The van der Waals surface area contributed by atoms with Crippen LogP contribution in [-0.2, 0) is 19.4 Å². The summed E-state index contributed by atoms with van der Waals surface area (Å²) in [4.78, 5) is 25.1. The van der Waals surface area contributed by atoms with Crippen LogP contribution in [0.3, 0.4) is 0 Å². The molecule has 2 aliphatic rings. The van der Waals surface area contributed by atoms with Crippen LogP contribution in [-0.4, -0.2) is 37.3 Å². The van der Waals surface area contributed by atoms with E-state index >= 15 is 0 Å². The van der Waals surface area contributed by atoms with Gasteiger partial charge in [-0.1, -0.05) is 26.7 Å². The topological polar surface area (TPSA) is 92.3 Å². The van der Waals surface area contributed by atoms with Gasteiger partial charge in [0, 0.05) is 17.4 Å². The number of carbonyl (C=O) groups excluding carboxylic acids is 2. The highest BCUT2D eigenvalue weighted by Gasteiger charge is 2.29. The third kappa shape index (κ3) is 4.71. The van der Waals surface area contributed by atoms with Crippen LogP contribution in [0.1, 0.15) is 46.5 Å². The van der Waals surface area contributed by atoms with E-state index in [1.54, 1.807) is 19.1 Å². The molecule has 0 spiro atoms. The van der Waals surface area contributed by atoms with Gasteiger partial charge in [0.2, 0.25) is 11.8 Å². The summed E-state index contributed by atoms with van der Waals surface area (Å²) in [6.45, 7) is 6.15. The summed E-state index contributed by atoms with van der Waals surface area (Å²) >= 11 is 1.41. The Labute approximate surface area is 171 Å². The fourth-order valence-electron chi connectivity index (χ4n) is 3.79. The Bertz CT molecular complexity index is 869. The zero-order valence-corrected chi connectivity index (χ0v) is 18.2. The predicted octanol–water partition coefficient (Wildman–Crippen LogP) is 3.22. The van der Waals surface area contributed by atoms with Crippen LogP contribution in [0.2, 0.25) is 0 Å². The minimum absolute atomic E-state index is 0.0604. The summed E-state index contributed by atoms with van der Waals surface area (Å²) in [6.07, 6.45) is 3.15. The molecule has 1 heterocycles. The van der Waals surface area contributed by atoms with E-state index in [4.69, 9.17) is 0 Å². The second-order valence-corrected chi connectivity index (χ2v) is 11.4. The van der Waals surface area contributed by atoms with E-state index in [0.29, 0.717) is 17.5 Å². The monoisotopic (exact) mass is 424 g/mol. The van der Waals surface area contributed by atoms with Gasteiger partial charge in [-0.25, -0.2) is 8.42 Å². The lowest BCUT2D eigenvalue weighted by atomic mass is 9.78. The van der Waals surface area contributed by atoms with E-state index in [2.05, 4.69) is 24.5 Å². The fourth-order valence-corrected chi connectivity index (χ4v) is 5.98. The molecule has 0 saturated heterocycles. The number of amides is 2. The van der Waals surface area contributed by atoms with Crippen molar-refractivity contribution in [1.29, 1.82) is 0 Å². The van der Waals surface area contributed by atoms with Crippen LogP contribution >= 0.6 is 11.8 Å². The quantitative estimate of drug-likeness (QED) is 0.757.